The molecule has 0 spiro atoms. The number of aliphatic hydroxyl groups excluding tert-OH is 1. The fourth-order valence-corrected chi connectivity index (χ4v) is 2.22. The van der Waals surface area contributed by atoms with Gasteiger partial charge in [-0.1, -0.05) is 13.3 Å². The maximum atomic E-state index is 12.0. The van der Waals surface area contributed by atoms with Crippen molar-refractivity contribution >= 4 is 5.97 Å². The molecule has 1 heterocycles. The van der Waals surface area contributed by atoms with Gasteiger partial charge in [0, 0.05) is 12.1 Å². The molecule has 2 atom stereocenters. The Morgan fingerprint density at radius 1 is 1.47 bits per heavy atom. The quantitative estimate of drug-likeness (QED) is 0.601. The van der Waals surface area contributed by atoms with E-state index in [1.54, 1.807) is 0 Å². The van der Waals surface area contributed by atoms with Crippen molar-refractivity contribution in [3.05, 3.63) is 0 Å². The van der Waals surface area contributed by atoms with Gasteiger partial charge in [-0.15, -0.1) is 0 Å². The van der Waals surface area contributed by atoms with Gasteiger partial charge in [-0.3, -0.25) is 9.69 Å². The monoisotopic (exact) mass is 243 g/mol. The predicted octanol–water partition coefficient (Wildman–Crippen LogP) is 1.56. The van der Waals surface area contributed by atoms with Gasteiger partial charge in [0.1, 0.15) is 6.04 Å². The highest BCUT2D eigenvalue weighted by atomic mass is 16.5. The molecule has 1 unspecified atom stereocenters. The molecule has 0 radical (unpaired) electrons. The number of carbonyl (C=O) groups excluding carboxylic acids is 1. The number of nitrogens with zero attached hydrogens (tertiary/aromatic N) is 1. The lowest BCUT2D eigenvalue weighted by atomic mass is 10.0. The summed E-state index contributed by atoms with van der Waals surface area (Å²) in [6.45, 7) is 9.42. The van der Waals surface area contributed by atoms with Gasteiger partial charge in [-0.05, 0) is 33.6 Å². The van der Waals surface area contributed by atoms with Crippen LogP contribution in [-0.4, -0.2) is 46.8 Å². The molecule has 1 rings (SSSR count). The van der Waals surface area contributed by atoms with Gasteiger partial charge in [-0.25, -0.2) is 0 Å². The number of rotatable bonds is 4. The van der Waals surface area contributed by atoms with Crippen LogP contribution in [0.3, 0.4) is 0 Å². The molecule has 0 aromatic rings. The van der Waals surface area contributed by atoms with E-state index in [1.807, 2.05) is 4.90 Å². The molecule has 100 valence electrons. The van der Waals surface area contributed by atoms with Crippen molar-refractivity contribution in [3.8, 4) is 0 Å². The lowest BCUT2D eigenvalue weighted by molar-refractivity contribution is -0.154. The van der Waals surface area contributed by atoms with Crippen LogP contribution >= 0.6 is 0 Å². The fraction of sp³-hybridized carbons (Fsp3) is 0.923. The molecule has 1 saturated heterocycles. The number of ether oxygens (including phenoxy) is 1. The second kappa shape index (κ2) is 5.83. The predicted molar refractivity (Wildman–Crippen MR) is 66.7 cm³/mol. The third kappa shape index (κ3) is 3.68. The lowest BCUT2D eigenvalue weighted by Gasteiger charge is -2.36. The van der Waals surface area contributed by atoms with Crippen molar-refractivity contribution in [1.82, 2.24) is 4.90 Å². The van der Waals surface area contributed by atoms with E-state index in [0.29, 0.717) is 13.0 Å². The first kappa shape index (κ1) is 14.5. The molecular formula is C13H25NO3. The molecule has 4 heteroatoms. The van der Waals surface area contributed by atoms with Crippen LogP contribution in [0.15, 0.2) is 0 Å². The first-order valence-electron chi connectivity index (χ1n) is 6.49. The number of unbranched alkanes of at least 4 members (excludes halogenated alkanes) is 1. The summed E-state index contributed by atoms with van der Waals surface area (Å²) < 4.78 is 5.22. The van der Waals surface area contributed by atoms with Crippen LogP contribution in [-0.2, 0) is 9.53 Å². The largest absolute Gasteiger partial charge is 0.464 e. The Labute approximate surface area is 104 Å². The van der Waals surface area contributed by atoms with Gasteiger partial charge in [0.2, 0.25) is 0 Å². The Balaban J connectivity index is 2.61. The van der Waals surface area contributed by atoms with Crippen LogP contribution in [0.1, 0.15) is 47.0 Å². The average Bonchev–Trinajstić information content (AvgIpc) is 2.60. The van der Waals surface area contributed by atoms with Gasteiger partial charge in [0.05, 0.1) is 12.7 Å². The van der Waals surface area contributed by atoms with E-state index in [1.165, 1.54) is 0 Å². The summed E-state index contributed by atoms with van der Waals surface area (Å²) in [5.41, 5.74) is -0.119. The Morgan fingerprint density at radius 2 is 2.12 bits per heavy atom. The van der Waals surface area contributed by atoms with Crippen LogP contribution in [0.2, 0.25) is 0 Å². The zero-order valence-corrected chi connectivity index (χ0v) is 11.4. The maximum Gasteiger partial charge on any atom is 0.326 e. The number of hydrogen-bond donors (Lipinski definition) is 1. The fourth-order valence-electron chi connectivity index (χ4n) is 2.22. The summed E-state index contributed by atoms with van der Waals surface area (Å²) in [4.78, 5) is 14.0. The van der Waals surface area contributed by atoms with Crippen LogP contribution in [0.4, 0.5) is 0 Å². The zero-order chi connectivity index (χ0) is 13.1. The minimum Gasteiger partial charge on any atom is -0.464 e. The summed E-state index contributed by atoms with van der Waals surface area (Å²) in [6, 6.07) is -0.494. The molecule has 0 aliphatic carbocycles. The molecule has 1 N–H and O–H groups in total. The van der Waals surface area contributed by atoms with E-state index in [4.69, 9.17) is 4.74 Å². The molecule has 4 nitrogen and oxygen atoms in total. The first-order valence-corrected chi connectivity index (χ1v) is 6.49. The van der Waals surface area contributed by atoms with Crippen molar-refractivity contribution in [1.29, 1.82) is 0 Å². The molecule has 0 amide bonds. The van der Waals surface area contributed by atoms with E-state index >= 15 is 0 Å². The topological polar surface area (TPSA) is 49.8 Å². The zero-order valence-electron chi connectivity index (χ0n) is 11.4. The van der Waals surface area contributed by atoms with Crippen LogP contribution in [0.25, 0.3) is 0 Å². The summed E-state index contributed by atoms with van der Waals surface area (Å²) in [5, 5.41) is 9.91. The molecule has 1 aliphatic rings. The number of aliphatic hydroxyl groups is 1. The van der Waals surface area contributed by atoms with Crippen LogP contribution in [0, 0.1) is 0 Å². The Bertz CT molecular complexity index is 260. The second-order valence-corrected chi connectivity index (χ2v) is 5.69. The van der Waals surface area contributed by atoms with Gasteiger partial charge in [0.15, 0.2) is 0 Å². The number of hydrogen-bond acceptors (Lipinski definition) is 4. The highest BCUT2D eigenvalue weighted by Gasteiger charge is 2.44. The average molecular weight is 243 g/mol. The molecule has 1 aliphatic heterocycles. The Morgan fingerprint density at radius 3 is 2.65 bits per heavy atom. The SMILES string of the molecule is CCCCOC(=O)[C@H]1C(O)CCN1C(C)(C)C. The van der Waals surface area contributed by atoms with Crippen molar-refractivity contribution in [2.24, 2.45) is 0 Å². The summed E-state index contributed by atoms with van der Waals surface area (Å²) >= 11 is 0. The number of likely N-dealkylation sites (tertiary alicyclic amines) is 1. The van der Waals surface area contributed by atoms with Crippen molar-refractivity contribution in [3.63, 3.8) is 0 Å². The highest BCUT2D eigenvalue weighted by Crippen LogP contribution is 2.27. The lowest BCUT2D eigenvalue weighted by Crippen LogP contribution is -2.51. The van der Waals surface area contributed by atoms with Crippen LogP contribution in [0.5, 0.6) is 0 Å². The maximum absolute atomic E-state index is 12.0. The first-order chi connectivity index (χ1) is 7.88. The standard InChI is InChI=1S/C13H25NO3/c1-5-6-9-17-12(16)11-10(15)7-8-14(11)13(2,3)4/h10-11,15H,5-9H2,1-4H3/t10?,11-/m1/s1. The Kier molecular flexibility index (Phi) is 4.95. The van der Waals surface area contributed by atoms with E-state index in [0.717, 1.165) is 19.4 Å². The molecule has 1 fully saturated rings. The third-order valence-electron chi connectivity index (χ3n) is 3.21. The normalized spacial score (nSPS) is 26.2. The summed E-state index contributed by atoms with van der Waals surface area (Å²) in [5.74, 6) is -0.279. The van der Waals surface area contributed by atoms with E-state index in [9.17, 15) is 9.90 Å². The van der Waals surface area contributed by atoms with Gasteiger partial charge < -0.3 is 9.84 Å². The van der Waals surface area contributed by atoms with Gasteiger partial charge in [-0.2, -0.15) is 0 Å². The van der Waals surface area contributed by atoms with E-state index in [2.05, 4.69) is 27.7 Å². The summed E-state index contributed by atoms with van der Waals surface area (Å²) in [6.07, 6.45) is 1.93. The van der Waals surface area contributed by atoms with Crippen LogP contribution < -0.4 is 0 Å². The molecule has 0 saturated carbocycles. The van der Waals surface area contributed by atoms with Crippen molar-refractivity contribution < 1.29 is 14.6 Å². The minimum atomic E-state index is -0.594. The molecule has 17 heavy (non-hydrogen) atoms. The Hall–Kier alpha value is -0.610. The highest BCUT2D eigenvalue weighted by molar-refractivity contribution is 5.77. The summed E-state index contributed by atoms with van der Waals surface area (Å²) in [7, 11) is 0. The van der Waals surface area contributed by atoms with Crippen molar-refractivity contribution in [2.75, 3.05) is 13.2 Å². The van der Waals surface area contributed by atoms with Crippen molar-refractivity contribution in [2.45, 2.75) is 64.6 Å². The minimum absolute atomic E-state index is 0.119. The molecule has 0 aromatic carbocycles. The molecular weight excluding hydrogens is 218 g/mol. The number of carbonyl (C=O) groups is 1. The number of esters is 1. The van der Waals surface area contributed by atoms with Gasteiger partial charge in [0.25, 0.3) is 0 Å². The smallest absolute Gasteiger partial charge is 0.326 e. The third-order valence-corrected chi connectivity index (χ3v) is 3.21. The van der Waals surface area contributed by atoms with E-state index < -0.39 is 12.1 Å². The van der Waals surface area contributed by atoms with E-state index in [-0.39, 0.29) is 11.5 Å². The molecule has 0 aromatic heterocycles. The van der Waals surface area contributed by atoms with Gasteiger partial charge >= 0.3 is 5.97 Å². The molecule has 0 bridgehead atoms. The second-order valence-electron chi connectivity index (χ2n) is 5.69.